The van der Waals surface area contributed by atoms with Gasteiger partial charge in [0.15, 0.2) is 11.5 Å². The molecule has 0 saturated carbocycles. The predicted molar refractivity (Wildman–Crippen MR) is 68.9 cm³/mol. The Morgan fingerprint density at radius 2 is 1.63 bits per heavy atom. The molecular weight excluding hydrogens is 248 g/mol. The van der Waals surface area contributed by atoms with Gasteiger partial charge in [-0.25, -0.2) is 0 Å². The molecule has 2 aromatic rings. The third-order valence-corrected chi connectivity index (χ3v) is 2.84. The fourth-order valence-corrected chi connectivity index (χ4v) is 1.87. The molecule has 0 aliphatic heterocycles. The van der Waals surface area contributed by atoms with Gasteiger partial charge in [-0.05, 0) is 18.2 Å². The van der Waals surface area contributed by atoms with Crippen molar-refractivity contribution in [3.63, 3.8) is 0 Å². The van der Waals surface area contributed by atoms with Gasteiger partial charge in [-0.2, -0.15) is 0 Å². The number of hydrogen-bond donors (Lipinski definition) is 1. The van der Waals surface area contributed by atoms with E-state index in [-0.39, 0.29) is 0 Å². The smallest absolute Gasteiger partial charge is 0.164 e. The topological polar surface area (TPSA) is 61.1 Å². The second kappa shape index (κ2) is 5.67. The predicted octanol–water partition coefficient (Wildman–Crippen LogP) is 2.39. The van der Waals surface area contributed by atoms with Crippen molar-refractivity contribution in [2.24, 2.45) is 0 Å². The number of aliphatic hydroxyl groups is 1. The number of methoxy groups -OCH3 is 3. The SMILES string of the molecule is COc1cc(OC)c(C(O)c2ccco2)cc1OC. The second-order valence-electron chi connectivity index (χ2n) is 3.87. The minimum atomic E-state index is -0.926. The van der Waals surface area contributed by atoms with Crippen molar-refractivity contribution in [1.82, 2.24) is 0 Å². The summed E-state index contributed by atoms with van der Waals surface area (Å²) in [6.45, 7) is 0. The van der Waals surface area contributed by atoms with Crippen molar-refractivity contribution in [3.8, 4) is 17.2 Å². The van der Waals surface area contributed by atoms with Crippen molar-refractivity contribution in [2.75, 3.05) is 21.3 Å². The van der Waals surface area contributed by atoms with Crippen LogP contribution in [0.25, 0.3) is 0 Å². The molecule has 19 heavy (non-hydrogen) atoms. The molecule has 1 aromatic heterocycles. The summed E-state index contributed by atoms with van der Waals surface area (Å²) in [6.07, 6.45) is 0.580. The van der Waals surface area contributed by atoms with Gasteiger partial charge in [0.1, 0.15) is 17.6 Å². The number of rotatable bonds is 5. The summed E-state index contributed by atoms with van der Waals surface area (Å²) in [4.78, 5) is 0. The molecule has 0 aliphatic rings. The van der Waals surface area contributed by atoms with E-state index in [9.17, 15) is 5.11 Å². The maximum Gasteiger partial charge on any atom is 0.164 e. The van der Waals surface area contributed by atoms with Crippen molar-refractivity contribution >= 4 is 0 Å². The highest BCUT2D eigenvalue weighted by Crippen LogP contribution is 2.39. The van der Waals surface area contributed by atoms with E-state index in [0.29, 0.717) is 28.6 Å². The fourth-order valence-electron chi connectivity index (χ4n) is 1.87. The van der Waals surface area contributed by atoms with E-state index in [2.05, 4.69) is 0 Å². The first kappa shape index (κ1) is 13.3. The van der Waals surface area contributed by atoms with Gasteiger partial charge in [-0.1, -0.05) is 0 Å². The largest absolute Gasteiger partial charge is 0.496 e. The molecule has 1 N–H and O–H groups in total. The highest BCUT2D eigenvalue weighted by Gasteiger charge is 2.21. The molecule has 0 radical (unpaired) electrons. The molecule has 0 aliphatic carbocycles. The van der Waals surface area contributed by atoms with Crippen LogP contribution >= 0.6 is 0 Å². The van der Waals surface area contributed by atoms with E-state index in [1.807, 2.05) is 0 Å². The van der Waals surface area contributed by atoms with Crippen LogP contribution < -0.4 is 14.2 Å². The first-order valence-electron chi connectivity index (χ1n) is 5.72. The molecule has 0 saturated heterocycles. The summed E-state index contributed by atoms with van der Waals surface area (Å²) in [5, 5.41) is 10.3. The number of benzene rings is 1. The van der Waals surface area contributed by atoms with Crippen LogP contribution in [-0.4, -0.2) is 26.4 Å². The Labute approximate surface area is 111 Å². The third-order valence-electron chi connectivity index (χ3n) is 2.84. The van der Waals surface area contributed by atoms with Crippen LogP contribution in [0.1, 0.15) is 17.4 Å². The van der Waals surface area contributed by atoms with Crippen LogP contribution in [0.4, 0.5) is 0 Å². The molecule has 1 atom stereocenters. The zero-order valence-corrected chi connectivity index (χ0v) is 11.0. The number of hydrogen-bond acceptors (Lipinski definition) is 5. The van der Waals surface area contributed by atoms with Crippen LogP contribution in [0.2, 0.25) is 0 Å². The number of ether oxygens (including phenoxy) is 3. The van der Waals surface area contributed by atoms with E-state index in [1.54, 1.807) is 31.4 Å². The molecule has 0 fully saturated rings. The molecule has 0 bridgehead atoms. The first-order chi connectivity index (χ1) is 9.21. The molecule has 5 nitrogen and oxygen atoms in total. The van der Waals surface area contributed by atoms with Gasteiger partial charge >= 0.3 is 0 Å². The molecule has 102 valence electrons. The van der Waals surface area contributed by atoms with Gasteiger partial charge in [0.05, 0.1) is 27.6 Å². The Kier molecular flexibility index (Phi) is 3.97. The van der Waals surface area contributed by atoms with Gasteiger partial charge in [-0.3, -0.25) is 0 Å². The zero-order chi connectivity index (χ0) is 13.8. The van der Waals surface area contributed by atoms with Crippen LogP contribution in [0.3, 0.4) is 0 Å². The lowest BCUT2D eigenvalue weighted by molar-refractivity contribution is 0.184. The Bertz CT molecular complexity index is 533. The first-order valence-corrected chi connectivity index (χ1v) is 5.72. The van der Waals surface area contributed by atoms with Crippen molar-refractivity contribution in [2.45, 2.75) is 6.10 Å². The molecule has 0 amide bonds. The molecule has 0 spiro atoms. The summed E-state index contributed by atoms with van der Waals surface area (Å²) >= 11 is 0. The Morgan fingerprint density at radius 3 is 2.16 bits per heavy atom. The van der Waals surface area contributed by atoms with Crippen LogP contribution in [0.5, 0.6) is 17.2 Å². The lowest BCUT2D eigenvalue weighted by Crippen LogP contribution is -2.03. The van der Waals surface area contributed by atoms with Crippen molar-refractivity contribution < 1.29 is 23.7 Å². The van der Waals surface area contributed by atoms with Crippen LogP contribution in [-0.2, 0) is 0 Å². The molecule has 1 unspecified atom stereocenters. The normalized spacial score (nSPS) is 12.0. The van der Waals surface area contributed by atoms with E-state index < -0.39 is 6.10 Å². The van der Waals surface area contributed by atoms with Gasteiger partial charge in [0.2, 0.25) is 0 Å². The third kappa shape index (κ3) is 2.51. The summed E-state index contributed by atoms with van der Waals surface area (Å²) in [7, 11) is 4.60. The lowest BCUT2D eigenvalue weighted by atomic mass is 10.1. The fraction of sp³-hybridized carbons (Fsp3) is 0.286. The maximum absolute atomic E-state index is 10.3. The summed E-state index contributed by atoms with van der Waals surface area (Å²) in [6, 6.07) is 6.75. The van der Waals surface area contributed by atoms with Gasteiger partial charge in [0.25, 0.3) is 0 Å². The Hall–Kier alpha value is -2.14. The minimum Gasteiger partial charge on any atom is -0.496 e. The van der Waals surface area contributed by atoms with Gasteiger partial charge in [-0.15, -0.1) is 0 Å². The van der Waals surface area contributed by atoms with E-state index in [1.165, 1.54) is 20.5 Å². The average molecular weight is 264 g/mol. The Balaban J connectivity index is 2.49. The number of furan rings is 1. The summed E-state index contributed by atoms with van der Waals surface area (Å²) in [5.74, 6) is 1.99. The van der Waals surface area contributed by atoms with Crippen LogP contribution in [0, 0.1) is 0 Å². The monoisotopic (exact) mass is 264 g/mol. The summed E-state index contributed by atoms with van der Waals surface area (Å²) in [5.41, 5.74) is 0.551. The van der Waals surface area contributed by atoms with Gasteiger partial charge in [0, 0.05) is 11.6 Å². The second-order valence-corrected chi connectivity index (χ2v) is 3.87. The van der Waals surface area contributed by atoms with E-state index >= 15 is 0 Å². The summed E-state index contributed by atoms with van der Waals surface area (Å²) < 4.78 is 20.9. The average Bonchev–Trinajstić information content (AvgIpc) is 2.99. The van der Waals surface area contributed by atoms with E-state index in [0.717, 1.165) is 0 Å². The van der Waals surface area contributed by atoms with E-state index in [4.69, 9.17) is 18.6 Å². The standard InChI is InChI=1S/C14H16O5/c1-16-11-8-13(18-3)12(17-2)7-9(11)14(15)10-5-4-6-19-10/h4-8,14-15H,1-3H3. The van der Waals surface area contributed by atoms with Crippen LogP contribution in [0.15, 0.2) is 34.9 Å². The quantitative estimate of drug-likeness (QED) is 0.898. The lowest BCUT2D eigenvalue weighted by Gasteiger charge is -2.16. The molecule has 2 rings (SSSR count). The Morgan fingerprint density at radius 1 is 1.00 bits per heavy atom. The highest BCUT2D eigenvalue weighted by molar-refractivity contribution is 5.52. The molecular formula is C14H16O5. The molecule has 1 aromatic carbocycles. The van der Waals surface area contributed by atoms with Crippen molar-refractivity contribution in [1.29, 1.82) is 0 Å². The molecule has 1 heterocycles. The number of aliphatic hydroxyl groups excluding tert-OH is 1. The minimum absolute atomic E-state index is 0.436. The maximum atomic E-state index is 10.3. The molecule has 5 heteroatoms. The van der Waals surface area contributed by atoms with Crippen molar-refractivity contribution in [3.05, 3.63) is 41.9 Å². The van der Waals surface area contributed by atoms with Gasteiger partial charge < -0.3 is 23.7 Å². The highest BCUT2D eigenvalue weighted by atomic mass is 16.5. The zero-order valence-electron chi connectivity index (χ0n) is 11.0.